The Labute approximate surface area is 323 Å². The third-order valence-corrected chi connectivity index (χ3v) is 10.8. The number of amides is 1. The Bertz CT molecular complexity index is 2290. The molecule has 2 heterocycles. The molecular formula is C48H45N5O2. The van der Waals surface area contributed by atoms with Gasteiger partial charge in [-0.05, 0) is 87.5 Å². The van der Waals surface area contributed by atoms with Crippen LogP contribution in [-0.4, -0.2) is 32.7 Å². The van der Waals surface area contributed by atoms with Crippen molar-refractivity contribution in [2.24, 2.45) is 5.92 Å². The molecule has 7 heteroatoms. The van der Waals surface area contributed by atoms with Gasteiger partial charge in [-0.3, -0.25) is 4.79 Å². The molecule has 1 aliphatic rings. The minimum atomic E-state index is -0.908. The Hall–Kier alpha value is -6.34. The van der Waals surface area contributed by atoms with E-state index >= 15 is 0 Å². The fourth-order valence-electron chi connectivity index (χ4n) is 8.16. The van der Waals surface area contributed by atoms with E-state index in [1.165, 1.54) is 0 Å². The number of fused-ring (bicyclic) bond motifs is 1. The number of carbonyl (C=O) groups is 1. The van der Waals surface area contributed by atoms with Crippen molar-refractivity contribution in [1.29, 1.82) is 0 Å². The first-order chi connectivity index (χ1) is 26.9. The molecule has 55 heavy (non-hydrogen) atoms. The molecule has 1 aromatic heterocycles. The van der Waals surface area contributed by atoms with E-state index in [-0.39, 0.29) is 18.2 Å². The van der Waals surface area contributed by atoms with E-state index in [0.717, 1.165) is 68.7 Å². The maximum atomic E-state index is 13.7. The molecule has 6 aromatic carbocycles. The second-order valence-electron chi connectivity index (χ2n) is 14.8. The van der Waals surface area contributed by atoms with Gasteiger partial charge < -0.3 is 10.1 Å². The number of aromatic nitrogens is 4. The summed E-state index contributed by atoms with van der Waals surface area (Å²) in [6.07, 6.45) is 2.20. The van der Waals surface area contributed by atoms with Gasteiger partial charge in [-0.25, -0.2) is 4.68 Å². The number of nitrogens with zero attached hydrogens (tertiary/aromatic N) is 4. The van der Waals surface area contributed by atoms with E-state index in [9.17, 15) is 4.79 Å². The second kappa shape index (κ2) is 15.6. The van der Waals surface area contributed by atoms with E-state index in [4.69, 9.17) is 15.0 Å². The van der Waals surface area contributed by atoms with Gasteiger partial charge in [0.05, 0.1) is 18.7 Å². The normalized spacial score (nSPS) is 14.1. The van der Waals surface area contributed by atoms with Gasteiger partial charge >= 0.3 is 0 Å². The maximum absolute atomic E-state index is 13.7. The minimum Gasteiger partial charge on any atom is -0.491 e. The number of ether oxygens (including phenoxy) is 1. The number of hydrogen-bond donors (Lipinski definition) is 1. The van der Waals surface area contributed by atoms with Crippen LogP contribution in [-0.2, 0) is 16.8 Å². The van der Waals surface area contributed by atoms with Crippen molar-refractivity contribution >= 4 is 11.6 Å². The number of tetrazole rings is 1. The maximum Gasteiger partial charge on any atom is 0.228 e. The summed E-state index contributed by atoms with van der Waals surface area (Å²) in [6, 6.07) is 52.0. The van der Waals surface area contributed by atoms with E-state index < -0.39 is 5.54 Å². The molecule has 7 aromatic rings. The number of hydrogen-bond acceptors (Lipinski definition) is 5. The molecule has 0 bridgehead atoms. The van der Waals surface area contributed by atoms with Crippen LogP contribution < -0.4 is 10.1 Å². The average Bonchev–Trinajstić information content (AvgIpc) is 3.60. The quantitative estimate of drug-likeness (QED) is 0.142. The molecule has 1 unspecified atom stereocenters. The first kappa shape index (κ1) is 35.7. The number of rotatable bonds is 10. The summed E-state index contributed by atoms with van der Waals surface area (Å²) >= 11 is 0. The van der Waals surface area contributed by atoms with Gasteiger partial charge in [0.25, 0.3) is 0 Å². The van der Waals surface area contributed by atoms with Crippen molar-refractivity contribution in [2.75, 3.05) is 11.9 Å². The van der Waals surface area contributed by atoms with Crippen LogP contribution >= 0.6 is 0 Å². The van der Waals surface area contributed by atoms with Crippen LogP contribution in [0.25, 0.3) is 22.5 Å². The van der Waals surface area contributed by atoms with Gasteiger partial charge in [-0.2, -0.15) is 0 Å². The van der Waals surface area contributed by atoms with Crippen molar-refractivity contribution in [1.82, 2.24) is 20.2 Å². The van der Waals surface area contributed by atoms with Crippen LogP contribution in [0.1, 0.15) is 66.0 Å². The van der Waals surface area contributed by atoms with Crippen LogP contribution in [0.2, 0.25) is 0 Å². The number of carbonyl (C=O) groups excluding carboxylic acids is 1. The summed E-state index contributed by atoms with van der Waals surface area (Å²) in [5.41, 5.74) is 8.85. The first-order valence-corrected chi connectivity index (χ1v) is 19.1. The monoisotopic (exact) mass is 723 g/mol. The lowest BCUT2D eigenvalue weighted by Crippen LogP contribution is -2.39. The third-order valence-electron chi connectivity index (χ3n) is 10.8. The summed E-state index contributed by atoms with van der Waals surface area (Å²) in [7, 11) is 0. The zero-order chi connectivity index (χ0) is 37.8. The van der Waals surface area contributed by atoms with Gasteiger partial charge in [0, 0.05) is 11.1 Å². The molecule has 1 aliphatic heterocycles. The predicted molar refractivity (Wildman–Crippen MR) is 219 cm³/mol. The number of aryl methyl sites for hydroxylation is 1. The third kappa shape index (κ3) is 6.94. The molecule has 0 fully saturated rings. The molecule has 7 nitrogen and oxygen atoms in total. The largest absolute Gasteiger partial charge is 0.491 e. The Balaban J connectivity index is 1.32. The van der Waals surface area contributed by atoms with Crippen LogP contribution in [0.4, 0.5) is 5.69 Å². The molecule has 0 saturated heterocycles. The summed E-state index contributed by atoms with van der Waals surface area (Å²) in [5.74, 6) is 1.91. The molecule has 1 amide bonds. The van der Waals surface area contributed by atoms with Crippen LogP contribution in [0.3, 0.4) is 0 Å². The number of anilines is 1. The lowest BCUT2D eigenvalue weighted by Gasteiger charge is -2.36. The fraction of sp³-hybridized carbons (Fsp3) is 0.208. The number of benzene rings is 6. The highest BCUT2D eigenvalue weighted by Gasteiger charge is 2.42. The minimum absolute atomic E-state index is 0.0901. The molecule has 1 N–H and O–H groups in total. The topological polar surface area (TPSA) is 81.9 Å². The van der Waals surface area contributed by atoms with Gasteiger partial charge in [0.15, 0.2) is 5.82 Å². The molecule has 0 saturated carbocycles. The summed E-state index contributed by atoms with van der Waals surface area (Å²) < 4.78 is 8.45. The Morgan fingerprint density at radius 2 is 1.36 bits per heavy atom. The smallest absolute Gasteiger partial charge is 0.228 e. The fourth-order valence-corrected chi connectivity index (χ4v) is 8.16. The van der Waals surface area contributed by atoms with E-state index in [0.29, 0.717) is 24.0 Å². The highest BCUT2D eigenvalue weighted by atomic mass is 16.5. The second-order valence-corrected chi connectivity index (χ2v) is 14.8. The van der Waals surface area contributed by atoms with Gasteiger partial charge in [-0.1, -0.05) is 159 Å². The Kier molecular flexibility index (Phi) is 10.1. The zero-order valence-electron chi connectivity index (χ0n) is 31.5. The van der Waals surface area contributed by atoms with Crippen molar-refractivity contribution in [3.8, 4) is 28.3 Å². The molecule has 1 atom stereocenters. The first-order valence-electron chi connectivity index (χ1n) is 19.1. The Morgan fingerprint density at radius 1 is 0.782 bits per heavy atom. The van der Waals surface area contributed by atoms with E-state index in [1.807, 2.05) is 59.3 Å². The number of nitrogens with one attached hydrogen (secondary N) is 1. The average molecular weight is 724 g/mol. The van der Waals surface area contributed by atoms with Gasteiger partial charge in [-0.15, -0.1) is 5.10 Å². The summed E-state index contributed by atoms with van der Waals surface area (Å²) in [6.45, 7) is 7.18. The zero-order valence-corrected chi connectivity index (χ0v) is 31.5. The summed E-state index contributed by atoms with van der Waals surface area (Å²) in [5, 5.41) is 17.3. The van der Waals surface area contributed by atoms with Crippen molar-refractivity contribution < 1.29 is 9.53 Å². The Morgan fingerprint density at radius 3 is 1.96 bits per heavy atom. The van der Waals surface area contributed by atoms with Gasteiger partial charge in [0.2, 0.25) is 5.91 Å². The van der Waals surface area contributed by atoms with Crippen molar-refractivity contribution in [2.45, 2.75) is 51.5 Å². The molecule has 274 valence electrons. The van der Waals surface area contributed by atoms with E-state index in [2.05, 4.69) is 128 Å². The van der Waals surface area contributed by atoms with E-state index in [1.54, 1.807) is 0 Å². The lowest BCUT2D eigenvalue weighted by molar-refractivity contribution is -0.115. The summed E-state index contributed by atoms with van der Waals surface area (Å²) in [4.78, 5) is 13.7. The molecule has 0 aliphatic carbocycles. The highest BCUT2D eigenvalue weighted by molar-refractivity contribution is 5.96. The van der Waals surface area contributed by atoms with Crippen molar-refractivity contribution in [3.05, 3.63) is 185 Å². The van der Waals surface area contributed by atoms with Crippen LogP contribution in [0, 0.1) is 12.8 Å². The molecule has 0 radical (unpaired) electrons. The van der Waals surface area contributed by atoms with Gasteiger partial charge in [0.1, 0.15) is 11.3 Å². The predicted octanol–water partition coefficient (Wildman–Crippen LogP) is 10.2. The SMILES string of the molecule is Cc1ccc(CC(=O)Nc2cc(-c3ccccc3-c3nnnn3C(c3ccccc3)(c3ccccc3)c3ccccc3)cc3c2OCCCC3C(C)C)cc1. The molecular weight excluding hydrogens is 679 g/mol. The standard InChI is InChI=1S/C48H45N5O2/c1-33(2)40-24-15-29-55-46-43(40)31-36(32-44(46)49-45(54)30-35-27-25-34(3)26-28-35)41-22-13-14-23-42(41)47-50-51-52-53(47)48(37-16-7-4-8-17-37,38-18-9-5-10-19-38)39-20-11-6-12-21-39/h4-14,16-23,25-28,31-33,40H,15,24,29-30H2,1-3H3,(H,49,54). The molecule has 8 rings (SSSR count). The van der Waals surface area contributed by atoms with Crippen LogP contribution in [0.5, 0.6) is 5.75 Å². The lowest BCUT2D eigenvalue weighted by atomic mass is 9.77. The van der Waals surface area contributed by atoms with Crippen LogP contribution in [0.15, 0.2) is 152 Å². The molecule has 0 spiro atoms. The highest BCUT2D eigenvalue weighted by Crippen LogP contribution is 2.47. The van der Waals surface area contributed by atoms with Crippen molar-refractivity contribution in [3.63, 3.8) is 0 Å².